The highest BCUT2D eigenvalue weighted by molar-refractivity contribution is 5.94. The molecule has 5 heteroatoms. The Morgan fingerprint density at radius 3 is 2.28 bits per heavy atom. The highest BCUT2D eigenvalue weighted by atomic mass is 19.1. The van der Waals surface area contributed by atoms with Crippen LogP contribution in [0.25, 0.3) is 0 Å². The molecule has 0 heterocycles. The Hall–Kier alpha value is -1.49. The summed E-state index contributed by atoms with van der Waals surface area (Å²) in [5.74, 6) is -2.13. The van der Waals surface area contributed by atoms with Crippen molar-refractivity contribution in [2.24, 2.45) is 0 Å². The first kappa shape index (κ1) is 13.0. The third-order valence-electron chi connectivity index (χ3n) is 3.37. The molecule has 1 saturated carbocycles. The molecule has 1 aromatic carbocycles. The normalized spacial score (nSPS) is 17.7. The van der Waals surface area contributed by atoms with E-state index >= 15 is 0 Å². The van der Waals surface area contributed by atoms with Gasteiger partial charge in [-0.25, -0.2) is 8.78 Å². The number of aliphatic hydroxyl groups is 1. The Morgan fingerprint density at radius 1 is 1.22 bits per heavy atom. The van der Waals surface area contributed by atoms with Crippen LogP contribution in [0.4, 0.5) is 8.78 Å². The topological polar surface area (TPSA) is 49.3 Å². The van der Waals surface area contributed by atoms with Gasteiger partial charge < -0.3 is 10.4 Å². The molecule has 1 aliphatic rings. The number of benzene rings is 1. The van der Waals surface area contributed by atoms with Gasteiger partial charge in [0, 0.05) is 11.6 Å². The third kappa shape index (κ3) is 2.67. The Labute approximate surface area is 104 Å². The average molecular weight is 255 g/mol. The van der Waals surface area contributed by atoms with Crippen LogP contribution in [0.15, 0.2) is 18.2 Å². The Morgan fingerprint density at radius 2 is 1.78 bits per heavy atom. The third-order valence-corrected chi connectivity index (χ3v) is 3.37. The first-order chi connectivity index (χ1) is 8.54. The fourth-order valence-corrected chi connectivity index (χ4v) is 2.37. The van der Waals surface area contributed by atoms with Gasteiger partial charge in [-0.2, -0.15) is 0 Å². The van der Waals surface area contributed by atoms with Gasteiger partial charge in [0.1, 0.15) is 11.6 Å². The van der Waals surface area contributed by atoms with E-state index in [1.165, 1.54) is 0 Å². The molecule has 98 valence electrons. The summed E-state index contributed by atoms with van der Waals surface area (Å²) in [7, 11) is 0. The van der Waals surface area contributed by atoms with E-state index in [-0.39, 0.29) is 12.2 Å². The Kier molecular flexibility index (Phi) is 3.61. The van der Waals surface area contributed by atoms with E-state index in [1.807, 2.05) is 0 Å². The first-order valence-corrected chi connectivity index (χ1v) is 5.94. The van der Waals surface area contributed by atoms with Gasteiger partial charge in [0.15, 0.2) is 0 Å². The van der Waals surface area contributed by atoms with Crippen LogP contribution < -0.4 is 5.32 Å². The molecule has 0 atom stereocenters. The number of nitrogens with one attached hydrogen (secondary N) is 1. The zero-order valence-corrected chi connectivity index (χ0v) is 9.88. The van der Waals surface area contributed by atoms with E-state index in [0.717, 1.165) is 25.0 Å². The lowest BCUT2D eigenvalue weighted by atomic mass is 9.98. The molecular formula is C13H15F2NO2. The second-order valence-corrected chi connectivity index (χ2v) is 4.76. The van der Waals surface area contributed by atoms with Crippen molar-refractivity contribution in [2.75, 3.05) is 6.61 Å². The van der Waals surface area contributed by atoms with E-state index in [4.69, 9.17) is 0 Å². The summed E-state index contributed by atoms with van der Waals surface area (Å²) in [6, 6.07) is 2.69. The highest BCUT2D eigenvalue weighted by Gasteiger charge is 2.34. The largest absolute Gasteiger partial charge is 0.394 e. The molecule has 0 aliphatic heterocycles. The lowest BCUT2D eigenvalue weighted by molar-refractivity contribution is 0.0837. The van der Waals surface area contributed by atoms with E-state index < -0.39 is 23.1 Å². The van der Waals surface area contributed by atoms with Gasteiger partial charge in [-0.3, -0.25) is 4.79 Å². The van der Waals surface area contributed by atoms with E-state index in [9.17, 15) is 18.7 Å². The van der Waals surface area contributed by atoms with Crippen LogP contribution in [-0.4, -0.2) is 23.2 Å². The van der Waals surface area contributed by atoms with Gasteiger partial charge in [-0.1, -0.05) is 12.8 Å². The number of carbonyl (C=O) groups is 1. The van der Waals surface area contributed by atoms with Crippen molar-refractivity contribution in [2.45, 2.75) is 31.2 Å². The maximum atomic E-state index is 13.0. The fraction of sp³-hybridized carbons (Fsp3) is 0.462. The Balaban J connectivity index is 2.16. The highest BCUT2D eigenvalue weighted by Crippen LogP contribution is 2.29. The molecule has 1 fully saturated rings. The lowest BCUT2D eigenvalue weighted by Crippen LogP contribution is -2.49. The van der Waals surface area contributed by atoms with Crippen molar-refractivity contribution in [3.63, 3.8) is 0 Å². The van der Waals surface area contributed by atoms with Crippen LogP contribution in [0.2, 0.25) is 0 Å². The number of rotatable bonds is 3. The van der Waals surface area contributed by atoms with E-state index in [1.54, 1.807) is 0 Å². The predicted molar refractivity (Wildman–Crippen MR) is 62.1 cm³/mol. The minimum atomic E-state index is -0.787. The molecule has 1 amide bonds. The van der Waals surface area contributed by atoms with Crippen LogP contribution in [-0.2, 0) is 0 Å². The molecule has 0 radical (unpaired) electrons. The summed E-state index contributed by atoms with van der Waals surface area (Å²) < 4.78 is 26.0. The maximum Gasteiger partial charge on any atom is 0.251 e. The number of hydrogen-bond donors (Lipinski definition) is 2. The van der Waals surface area contributed by atoms with Gasteiger partial charge >= 0.3 is 0 Å². The van der Waals surface area contributed by atoms with Gasteiger partial charge in [0.2, 0.25) is 0 Å². The first-order valence-electron chi connectivity index (χ1n) is 5.94. The molecule has 18 heavy (non-hydrogen) atoms. The predicted octanol–water partition coefficient (Wildman–Crippen LogP) is 2.00. The van der Waals surface area contributed by atoms with Crippen molar-refractivity contribution >= 4 is 5.91 Å². The number of carbonyl (C=O) groups excluding carboxylic acids is 1. The summed E-state index contributed by atoms with van der Waals surface area (Å²) >= 11 is 0. The van der Waals surface area contributed by atoms with Crippen molar-refractivity contribution < 1.29 is 18.7 Å². The van der Waals surface area contributed by atoms with Gasteiger partial charge in [0.25, 0.3) is 5.91 Å². The van der Waals surface area contributed by atoms with Crippen LogP contribution in [0, 0.1) is 11.6 Å². The molecular weight excluding hydrogens is 240 g/mol. The molecule has 3 nitrogen and oxygen atoms in total. The minimum Gasteiger partial charge on any atom is -0.394 e. The second kappa shape index (κ2) is 5.02. The van der Waals surface area contributed by atoms with Crippen LogP contribution in [0.1, 0.15) is 36.0 Å². The zero-order chi connectivity index (χ0) is 13.2. The van der Waals surface area contributed by atoms with E-state index in [2.05, 4.69) is 5.32 Å². The maximum absolute atomic E-state index is 13.0. The smallest absolute Gasteiger partial charge is 0.251 e. The standard InChI is InChI=1S/C13H15F2NO2/c14-10-5-9(6-11(15)7-10)12(18)16-13(8-17)3-1-2-4-13/h5-7,17H,1-4,8H2,(H,16,18). The molecule has 2 N–H and O–H groups in total. The Bertz CT molecular complexity index is 436. The summed E-state index contributed by atoms with van der Waals surface area (Å²) in [6.45, 7) is -0.156. The van der Waals surface area contributed by atoms with Crippen molar-refractivity contribution in [3.05, 3.63) is 35.4 Å². The van der Waals surface area contributed by atoms with Crippen LogP contribution in [0.3, 0.4) is 0 Å². The quantitative estimate of drug-likeness (QED) is 0.868. The number of hydrogen-bond acceptors (Lipinski definition) is 2. The molecule has 1 aromatic rings. The van der Waals surface area contributed by atoms with Crippen molar-refractivity contribution in [3.8, 4) is 0 Å². The molecule has 0 bridgehead atoms. The van der Waals surface area contributed by atoms with Gasteiger partial charge in [-0.05, 0) is 25.0 Å². The summed E-state index contributed by atoms with van der Waals surface area (Å²) in [6.07, 6.45) is 3.23. The molecule has 0 saturated heterocycles. The summed E-state index contributed by atoms with van der Waals surface area (Å²) in [5.41, 5.74) is -0.702. The van der Waals surface area contributed by atoms with Gasteiger partial charge in [0.05, 0.1) is 12.1 Å². The number of halogens is 2. The monoisotopic (exact) mass is 255 g/mol. The lowest BCUT2D eigenvalue weighted by Gasteiger charge is -2.28. The molecule has 2 rings (SSSR count). The van der Waals surface area contributed by atoms with Gasteiger partial charge in [-0.15, -0.1) is 0 Å². The summed E-state index contributed by atoms with van der Waals surface area (Å²) in [5, 5.41) is 12.0. The summed E-state index contributed by atoms with van der Waals surface area (Å²) in [4.78, 5) is 11.9. The van der Waals surface area contributed by atoms with Crippen LogP contribution >= 0.6 is 0 Å². The molecule has 0 unspecified atom stereocenters. The van der Waals surface area contributed by atoms with Crippen molar-refractivity contribution in [1.29, 1.82) is 0 Å². The van der Waals surface area contributed by atoms with Crippen LogP contribution in [0.5, 0.6) is 0 Å². The van der Waals surface area contributed by atoms with E-state index in [0.29, 0.717) is 18.9 Å². The molecule has 1 aliphatic carbocycles. The molecule has 0 aromatic heterocycles. The fourth-order valence-electron chi connectivity index (χ4n) is 2.37. The van der Waals surface area contributed by atoms with Crippen molar-refractivity contribution in [1.82, 2.24) is 5.32 Å². The average Bonchev–Trinajstić information content (AvgIpc) is 2.77. The second-order valence-electron chi connectivity index (χ2n) is 4.76. The number of aliphatic hydroxyl groups excluding tert-OH is 1. The minimum absolute atomic E-state index is 0.0628. The SMILES string of the molecule is O=C(NC1(CO)CCCC1)c1cc(F)cc(F)c1. The zero-order valence-electron chi connectivity index (χ0n) is 9.88. The number of amides is 1. The molecule has 0 spiro atoms.